The van der Waals surface area contributed by atoms with Gasteiger partial charge in [-0.2, -0.15) is 0 Å². The summed E-state index contributed by atoms with van der Waals surface area (Å²) in [6.45, 7) is 0.375. The third-order valence-electron chi connectivity index (χ3n) is 5.87. The Morgan fingerprint density at radius 3 is 2.58 bits per heavy atom. The number of aliphatic hydroxyl groups is 1. The second kappa shape index (κ2) is 9.08. The van der Waals surface area contributed by atoms with Crippen LogP contribution in [0, 0.1) is 0 Å². The predicted molar refractivity (Wildman–Crippen MR) is 115 cm³/mol. The molecule has 2 aromatic rings. The summed E-state index contributed by atoms with van der Waals surface area (Å²) >= 11 is 5.91. The first kappa shape index (κ1) is 21.3. The average Bonchev–Trinajstić information content (AvgIpc) is 2.79. The standard InChI is InChI=1S/C23H24ClN3O4/c24-16-8-6-14(7-9-16)12-18-23(31)27-11-10-17(13-19(27)21(29)26-18)25-22(30)20(28)15-4-2-1-3-5-15/h1-9,17-20,28H,10-13H2,(H,25,30)(H,26,29)/t17-,18-,19+,20+/m1/s1. The Bertz CT molecular complexity index is 967. The summed E-state index contributed by atoms with van der Waals surface area (Å²) in [4.78, 5) is 39.7. The highest BCUT2D eigenvalue weighted by molar-refractivity contribution is 6.30. The van der Waals surface area contributed by atoms with Crippen molar-refractivity contribution in [1.82, 2.24) is 15.5 Å². The first-order valence-corrected chi connectivity index (χ1v) is 10.7. The molecule has 2 saturated heterocycles. The number of carbonyl (C=O) groups excluding carboxylic acids is 3. The number of carbonyl (C=O) groups is 3. The highest BCUT2D eigenvalue weighted by Gasteiger charge is 2.44. The molecule has 2 aliphatic heterocycles. The topological polar surface area (TPSA) is 98.7 Å². The molecule has 0 bridgehead atoms. The van der Waals surface area contributed by atoms with Gasteiger partial charge in [-0.25, -0.2) is 0 Å². The molecule has 2 fully saturated rings. The molecule has 2 aliphatic rings. The van der Waals surface area contributed by atoms with E-state index in [4.69, 9.17) is 11.6 Å². The van der Waals surface area contributed by atoms with Crippen molar-refractivity contribution in [2.24, 2.45) is 0 Å². The molecule has 0 radical (unpaired) electrons. The lowest BCUT2D eigenvalue weighted by atomic mass is 9.91. The summed E-state index contributed by atoms with van der Waals surface area (Å²) in [7, 11) is 0. The van der Waals surface area contributed by atoms with Crippen molar-refractivity contribution in [3.8, 4) is 0 Å². The lowest BCUT2D eigenvalue weighted by Crippen LogP contribution is -2.67. The number of fused-ring (bicyclic) bond motifs is 1. The third-order valence-corrected chi connectivity index (χ3v) is 6.12. The number of piperazine rings is 1. The van der Waals surface area contributed by atoms with Crippen LogP contribution in [0.3, 0.4) is 0 Å². The van der Waals surface area contributed by atoms with Gasteiger partial charge in [0, 0.05) is 24.0 Å². The van der Waals surface area contributed by atoms with Crippen molar-refractivity contribution in [3.63, 3.8) is 0 Å². The monoisotopic (exact) mass is 441 g/mol. The molecule has 2 aromatic carbocycles. The minimum absolute atomic E-state index is 0.117. The Kier molecular flexibility index (Phi) is 6.25. The highest BCUT2D eigenvalue weighted by atomic mass is 35.5. The number of nitrogens with zero attached hydrogens (tertiary/aromatic N) is 1. The van der Waals surface area contributed by atoms with Crippen LogP contribution in [0.2, 0.25) is 5.02 Å². The number of rotatable bonds is 5. The maximum Gasteiger partial charge on any atom is 0.253 e. The predicted octanol–water partition coefficient (Wildman–Crippen LogP) is 1.59. The molecule has 2 heterocycles. The van der Waals surface area contributed by atoms with Crippen molar-refractivity contribution in [3.05, 3.63) is 70.7 Å². The van der Waals surface area contributed by atoms with Gasteiger partial charge in [-0.15, -0.1) is 0 Å². The summed E-state index contributed by atoms with van der Waals surface area (Å²) in [6, 6.07) is 14.3. The van der Waals surface area contributed by atoms with Gasteiger partial charge in [-0.1, -0.05) is 54.1 Å². The van der Waals surface area contributed by atoms with Crippen LogP contribution in [0.1, 0.15) is 30.1 Å². The molecule has 4 atom stereocenters. The van der Waals surface area contributed by atoms with Crippen molar-refractivity contribution >= 4 is 29.3 Å². The number of benzene rings is 2. The van der Waals surface area contributed by atoms with E-state index in [0.717, 1.165) is 5.56 Å². The molecule has 31 heavy (non-hydrogen) atoms. The molecule has 3 N–H and O–H groups in total. The lowest BCUT2D eigenvalue weighted by molar-refractivity contribution is -0.152. The SMILES string of the molecule is O=C(N[C@@H]1CCN2C(=O)[C@@H](Cc3ccc(Cl)cc3)NC(=O)[C@@H]2C1)[C@@H](O)c1ccccc1. The molecule has 7 nitrogen and oxygen atoms in total. The molecule has 0 unspecified atom stereocenters. The number of piperidine rings is 1. The molecule has 162 valence electrons. The molecule has 8 heteroatoms. The normalized spacial score (nSPS) is 24.2. The van der Waals surface area contributed by atoms with E-state index in [9.17, 15) is 19.5 Å². The Morgan fingerprint density at radius 2 is 1.87 bits per heavy atom. The fourth-order valence-electron chi connectivity index (χ4n) is 4.20. The van der Waals surface area contributed by atoms with E-state index in [0.29, 0.717) is 36.4 Å². The molecular formula is C23H24ClN3O4. The summed E-state index contributed by atoms with van der Waals surface area (Å²) in [6.07, 6.45) is -0.0339. The van der Waals surface area contributed by atoms with Crippen LogP contribution < -0.4 is 10.6 Å². The van der Waals surface area contributed by atoms with E-state index in [-0.39, 0.29) is 17.9 Å². The fraction of sp³-hybridized carbons (Fsp3) is 0.348. The summed E-state index contributed by atoms with van der Waals surface area (Å²) in [5.41, 5.74) is 1.42. The molecular weight excluding hydrogens is 418 g/mol. The van der Waals surface area contributed by atoms with Gasteiger partial charge in [0.2, 0.25) is 11.8 Å². The smallest absolute Gasteiger partial charge is 0.253 e. The first-order valence-electron chi connectivity index (χ1n) is 10.3. The van der Waals surface area contributed by atoms with E-state index in [2.05, 4.69) is 10.6 Å². The van der Waals surface area contributed by atoms with Crippen LogP contribution in [-0.4, -0.2) is 52.4 Å². The highest BCUT2D eigenvalue weighted by Crippen LogP contribution is 2.24. The molecule has 4 rings (SSSR count). The minimum atomic E-state index is -1.27. The van der Waals surface area contributed by atoms with E-state index < -0.39 is 24.1 Å². The van der Waals surface area contributed by atoms with Crippen molar-refractivity contribution in [2.45, 2.75) is 43.5 Å². The average molecular weight is 442 g/mol. The van der Waals surface area contributed by atoms with Gasteiger partial charge in [-0.3, -0.25) is 14.4 Å². The van der Waals surface area contributed by atoms with Gasteiger partial charge in [0.15, 0.2) is 6.10 Å². The zero-order chi connectivity index (χ0) is 22.0. The minimum Gasteiger partial charge on any atom is -0.378 e. The number of aliphatic hydroxyl groups excluding tert-OH is 1. The Hall–Kier alpha value is -2.90. The van der Waals surface area contributed by atoms with Crippen molar-refractivity contribution < 1.29 is 19.5 Å². The summed E-state index contributed by atoms with van der Waals surface area (Å²) < 4.78 is 0. The van der Waals surface area contributed by atoms with E-state index in [1.54, 1.807) is 41.3 Å². The van der Waals surface area contributed by atoms with Crippen LogP contribution in [0.15, 0.2) is 54.6 Å². The second-order valence-corrected chi connectivity index (χ2v) is 8.42. The van der Waals surface area contributed by atoms with Crippen molar-refractivity contribution in [2.75, 3.05) is 6.54 Å². The van der Waals surface area contributed by atoms with E-state index >= 15 is 0 Å². The number of hydrogen-bond donors (Lipinski definition) is 3. The fourth-order valence-corrected chi connectivity index (χ4v) is 4.33. The van der Waals surface area contributed by atoms with Gasteiger partial charge in [-0.05, 0) is 36.1 Å². The quantitative estimate of drug-likeness (QED) is 0.656. The Labute approximate surface area is 185 Å². The summed E-state index contributed by atoms with van der Waals surface area (Å²) in [5, 5.41) is 16.5. The van der Waals surface area contributed by atoms with Crippen LogP contribution >= 0.6 is 11.6 Å². The molecule has 0 spiro atoms. The maximum atomic E-state index is 13.0. The third kappa shape index (κ3) is 4.73. The molecule has 0 saturated carbocycles. The molecule has 0 aromatic heterocycles. The number of hydrogen-bond acceptors (Lipinski definition) is 4. The maximum absolute atomic E-state index is 13.0. The van der Waals surface area contributed by atoms with Crippen LogP contribution in [0.25, 0.3) is 0 Å². The van der Waals surface area contributed by atoms with Crippen LogP contribution in [0.4, 0.5) is 0 Å². The summed E-state index contributed by atoms with van der Waals surface area (Å²) in [5.74, 6) is -0.845. The number of amides is 3. The van der Waals surface area contributed by atoms with Gasteiger partial charge in [0.05, 0.1) is 0 Å². The van der Waals surface area contributed by atoms with Crippen LogP contribution in [-0.2, 0) is 20.8 Å². The zero-order valence-corrected chi connectivity index (χ0v) is 17.6. The van der Waals surface area contributed by atoms with Gasteiger partial charge < -0.3 is 20.6 Å². The largest absolute Gasteiger partial charge is 0.378 e. The zero-order valence-electron chi connectivity index (χ0n) is 16.8. The molecule has 3 amide bonds. The number of nitrogens with one attached hydrogen (secondary N) is 2. The van der Waals surface area contributed by atoms with E-state index in [1.165, 1.54) is 0 Å². The van der Waals surface area contributed by atoms with Gasteiger partial charge in [0.25, 0.3) is 5.91 Å². The van der Waals surface area contributed by atoms with Crippen LogP contribution in [0.5, 0.6) is 0 Å². The van der Waals surface area contributed by atoms with Gasteiger partial charge in [0.1, 0.15) is 12.1 Å². The van der Waals surface area contributed by atoms with Crippen molar-refractivity contribution in [1.29, 1.82) is 0 Å². The Balaban J connectivity index is 1.37. The van der Waals surface area contributed by atoms with E-state index in [1.807, 2.05) is 18.2 Å². The number of halogens is 1. The Morgan fingerprint density at radius 1 is 1.16 bits per heavy atom. The second-order valence-electron chi connectivity index (χ2n) is 7.98. The van der Waals surface area contributed by atoms with Gasteiger partial charge >= 0.3 is 0 Å². The lowest BCUT2D eigenvalue weighted by Gasteiger charge is -2.44. The first-order chi connectivity index (χ1) is 14.9. The molecule has 0 aliphatic carbocycles.